The molecule has 0 heterocycles. The van der Waals surface area contributed by atoms with Crippen LogP contribution in [0.3, 0.4) is 0 Å². The van der Waals surface area contributed by atoms with E-state index in [1.165, 1.54) is 0 Å². The summed E-state index contributed by atoms with van der Waals surface area (Å²) in [6.07, 6.45) is 0.272. The molecule has 0 aliphatic heterocycles. The Balaban J connectivity index is 1.86. The number of rotatable bonds is 8. The molecular formula is C20H25NO3. The van der Waals surface area contributed by atoms with E-state index in [0.717, 1.165) is 11.3 Å². The van der Waals surface area contributed by atoms with Gasteiger partial charge in [0.15, 0.2) is 6.10 Å². The van der Waals surface area contributed by atoms with Crippen LogP contribution in [0.25, 0.3) is 0 Å². The molecule has 0 radical (unpaired) electrons. The molecule has 0 aromatic heterocycles. The van der Waals surface area contributed by atoms with Gasteiger partial charge in [0.1, 0.15) is 11.5 Å². The molecule has 24 heavy (non-hydrogen) atoms. The Labute approximate surface area is 143 Å². The van der Waals surface area contributed by atoms with Gasteiger partial charge in [-0.2, -0.15) is 0 Å². The molecule has 2 aromatic carbocycles. The van der Waals surface area contributed by atoms with Gasteiger partial charge < -0.3 is 14.8 Å². The van der Waals surface area contributed by atoms with E-state index in [1.807, 2.05) is 75.4 Å². The van der Waals surface area contributed by atoms with E-state index in [0.29, 0.717) is 18.7 Å². The third-order valence-corrected chi connectivity index (χ3v) is 3.45. The van der Waals surface area contributed by atoms with Gasteiger partial charge in [-0.15, -0.1) is 0 Å². The fourth-order valence-corrected chi connectivity index (χ4v) is 2.25. The van der Waals surface area contributed by atoms with Crippen LogP contribution >= 0.6 is 0 Å². The van der Waals surface area contributed by atoms with Gasteiger partial charge in [0, 0.05) is 6.54 Å². The molecule has 0 saturated carbocycles. The number of nitrogens with one attached hydrogen (secondary N) is 1. The zero-order chi connectivity index (χ0) is 17.4. The van der Waals surface area contributed by atoms with Crippen molar-refractivity contribution in [3.63, 3.8) is 0 Å². The Morgan fingerprint density at radius 3 is 2.17 bits per heavy atom. The fraction of sp³-hybridized carbons (Fsp3) is 0.350. The van der Waals surface area contributed by atoms with Gasteiger partial charge in [-0.3, -0.25) is 4.79 Å². The van der Waals surface area contributed by atoms with Crippen LogP contribution in [0.4, 0.5) is 0 Å². The lowest BCUT2D eigenvalue weighted by Crippen LogP contribution is -2.37. The summed E-state index contributed by atoms with van der Waals surface area (Å²) in [5.74, 6) is 1.43. The van der Waals surface area contributed by atoms with Gasteiger partial charge in [0.2, 0.25) is 0 Å². The molecule has 2 rings (SSSR count). The molecule has 1 atom stereocenters. The molecule has 0 aliphatic rings. The average Bonchev–Trinajstić information content (AvgIpc) is 2.59. The van der Waals surface area contributed by atoms with E-state index in [4.69, 9.17) is 9.47 Å². The highest BCUT2D eigenvalue weighted by Gasteiger charge is 2.17. The van der Waals surface area contributed by atoms with Crippen molar-refractivity contribution < 1.29 is 14.3 Å². The first-order valence-corrected chi connectivity index (χ1v) is 8.33. The average molecular weight is 327 g/mol. The molecule has 128 valence electrons. The lowest BCUT2D eigenvalue weighted by atomic mass is 10.2. The van der Waals surface area contributed by atoms with E-state index in [9.17, 15) is 4.79 Å². The standard InChI is InChI=1S/C20H25NO3/c1-4-19(24-17-8-6-5-7-9-17)20(22)21-14-16-10-12-18(13-11-16)23-15(2)3/h5-13,15,19H,4,14H2,1-3H3,(H,21,22)/t19-/m0/s1. The number of hydrogen-bond acceptors (Lipinski definition) is 3. The van der Waals surface area contributed by atoms with Gasteiger partial charge >= 0.3 is 0 Å². The molecule has 0 fully saturated rings. The number of para-hydroxylation sites is 1. The van der Waals surface area contributed by atoms with Crippen molar-refractivity contribution in [3.05, 3.63) is 60.2 Å². The van der Waals surface area contributed by atoms with Crippen LogP contribution in [0.5, 0.6) is 11.5 Å². The van der Waals surface area contributed by atoms with E-state index in [1.54, 1.807) is 0 Å². The van der Waals surface area contributed by atoms with Crippen LogP contribution in [-0.4, -0.2) is 18.1 Å². The molecule has 1 N–H and O–H groups in total. The van der Waals surface area contributed by atoms with Gasteiger partial charge in [-0.25, -0.2) is 0 Å². The predicted molar refractivity (Wildman–Crippen MR) is 95.2 cm³/mol. The van der Waals surface area contributed by atoms with Crippen molar-refractivity contribution in [3.8, 4) is 11.5 Å². The number of carbonyl (C=O) groups is 1. The second-order valence-electron chi connectivity index (χ2n) is 5.86. The number of ether oxygens (including phenoxy) is 2. The largest absolute Gasteiger partial charge is 0.491 e. The number of hydrogen-bond donors (Lipinski definition) is 1. The molecular weight excluding hydrogens is 302 g/mol. The molecule has 4 nitrogen and oxygen atoms in total. The summed E-state index contributed by atoms with van der Waals surface area (Å²) < 4.78 is 11.4. The van der Waals surface area contributed by atoms with Crippen LogP contribution < -0.4 is 14.8 Å². The highest BCUT2D eigenvalue weighted by molar-refractivity contribution is 5.81. The Morgan fingerprint density at radius 1 is 0.958 bits per heavy atom. The van der Waals surface area contributed by atoms with E-state index in [-0.39, 0.29) is 12.0 Å². The molecule has 2 aromatic rings. The summed E-state index contributed by atoms with van der Waals surface area (Å²) in [5.41, 5.74) is 1.02. The second-order valence-corrected chi connectivity index (χ2v) is 5.86. The third kappa shape index (κ3) is 5.61. The zero-order valence-electron chi connectivity index (χ0n) is 14.5. The second kappa shape index (κ2) is 8.96. The maximum Gasteiger partial charge on any atom is 0.261 e. The Morgan fingerprint density at radius 2 is 1.58 bits per heavy atom. The molecule has 4 heteroatoms. The van der Waals surface area contributed by atoms with E-state index in [2.05, 4.69) is 5.32 Å². The fourth-order valence-electron chi connectivity index (χ4n) is 2.25. The summed E-state index contributed by atoms with van der Waals surface area (Å²) in [7, 11) is 0. The maximum atomic E-state index is 12.3. The first kappa shape index (κ1) is 17.9. The number of carbonyl (C=O) groups excluding carboxylic acids is 1. The summed E-state index contributed by atoms with van der Waals surface area (Å²) in [6.45, 7) is 6.39. The van der Waals surface area contributed by atoms with Crippen molar-refractivity contribution in [2.24, 2.45) is 0 Å². The lowest BCUT2D eigenvalue weighted by molar-refractivity contribution is -0.128. The van der Waals surface area contributed by atoms with Gasteiger partial charge in [-0.05, 0) is 50.1 Å². The first-order chi connectivity index (χ1) is 11.6. The van der Waals surface area contributed by atoms with Crippen LogP contribution in [0, 0.1) is 0 Å². The zero-order valence-corrected chi connectivity index (χ0v) is 14.5. The lowest BCUT2D eigenvalue weighted by Gasteiger charge is -2.17. The minimum absolute atomic E-state index is 0.108. The Kier molecular flexibility index (Phi) is 6.67. The van der Waals surface area contributed by atoms with Crippen molar-refractivity contribution in [2.75, 3.05) is 0 Å². The topological polar surface area (TPSA) is 47.6 Å². The van der Waals surface area contributed by atoms with Crippen molar-refractivity contribution in [2.45, 2.75) is 45.9 Å². The molecule has 0 aliphatic carbocycles. The minimum atomic E-state index is -0.490. The van der Waals surface area contributed by atoms with Crippen molar-refractivity contribution in [1.82, 2.24) is 5.32 Å². The maximum absolute atomic E-state index is 12.3. The number of benzene rings is 2. The Hall–Kier alpha value is -2.49. The van der Waals surface area contributed by atoms with Crippen LogP contribution in [-0.2, 0) is 11.3 Å². The molecule has 0 spiro atoms. The monoisotopic (exact) mass is 327 g/mol. The third-order valence-electron chi connectivity index (χ3n) is 3.45. The summed E-state index contributed by atoms with van der Waals surface area (Å²) >= 11 is 0. The molecule has 0 unspecified atom stereocenters. The molecule has 0 saturated heterocycles. The van der Waals surface area contributed by atoms with Crippen LogP contribution in [0.15, 0.2) is 54.6 Å². The van der Waals surface area contributed by atoms with Gasteiger partial charge in [-0.1, -0.05) is 37.3 Å². The summed E-state index contributed by atoms with van der Waals surface area (Å²) in [5, 5.41) is 2.93. The van der Waals surface area contributed by atoms with Gasteiger partial charge in [0.25, 0.3) is 5.91 Å². The number of amides is 1. The highest BCUT2D eigenvalue weighted by atomic mass is 16.5. The minimum Gasteiger partial charge on any atom is -0.491 e. The normalized spacial score (nSPS) is 11.8. The van der Waals surface area contributed by atoms with Crippen molar-refractivity contribution in [1.29, 1.82) is 0 Å². The smallest absolute Gasteiger partial charge is 0.261 e. The molecule has 0 bridgehead atoms. The first-order valence-electron chi connectivity index (χ1n) is 8.33. The highest BCUT2D eigenvalue weighted by Crippen LogP contribution is 2.15. The van der Waals surface area contributed by atoms with E-state index < -0.39 is 6.10 Å². The SMILES string of the molecule is CC[C@H](Oc1ccccc1)C(=O)NCc1ccc(OC(C)C)cc1. The predicted octanol–water partition coefficient (Wildman–Crippen LogP) is 3.95. The van der Waals surface area contributed by atoms with Crippen molar-refractivity contribution >= 4 is 5.91 Å². The summed E-state index contributed by atoms with van der Waals surface area (Å²) in [4.78, 5) is 12.3. The van der Waals surface area contributed by atoms with Gasteiger partial charge in [0.05, 0.1) is 6.10 Å². The summed E-state index contributed by atoms with van der Waals surface area (Å²) in [6, 6.07) is 17.1. The molecule has 1 amide bonds. The van der Waals surface area contributed by atoms with Crippen LogP contribution in [0.2, 0.25) is 0 Å². The van der Waals surface area contributed by atoms with E-state index >= 15 is 0 Å². The quantitative estimate of drug-likeness (QED) is 0.798. The van der Waals surface area contributed by atoms with Crippen LogP contribution in [0.1, 0.15) is 32.8 Å². The Bertz CT molecular complexity index is 623.